The topological polar surface area (TPSA) is 24.5 Å². The van der Waals surface area contributed by atoms with E-state index in [9.17, 15) is 0 Å². The molecule has 1 fully saturated rings. The summed E-state index contributed by atoms with van der Waals surface area (Å²) in [6.07, 6.45) is 0. The molecule has 0 bridgehead atoms. The standard InChI is InChI=1S/C17H20N2O/c1-2-6-15(7-3-1)14-18-16-8-4-5-9-17(16)19-10-12-20-13-11-19/h1-9,18H,10-14H2. The molecule has 0 radical (unpaired) electrons. The number of para-hydroxylation sites is 2. The van der Waals surface area contributed by atoms with E-state index < -0.39 is 0 Å². The van der Waals surface area contributed by atoms with Gasteiger partial charge in [-0.1, -0.05) is 42.5 Å². The monoisotopic (exact) mass is 268 g/mol. The van der Waals surface area contributed by atoms with Crippen molar-refractivity contribution in [1.82, 2.24) is 0 Å². The average Bonchev–Trinajstić information content (AvgIpc) is 2.55. The minimum atomic E-state index is 0.813. The van der Waals surface area contributed by atoms with Gasteiger partial charge in [0.2, 0.25) is 0 Å². The van der Waals surface area contributed by atoms with Crippen molar-refractivity contribution >= 4 is 11.4 Å². The van der Waals surface area contributed by atoms with Crippen molar-refractivity contribution < 1.29 is 4.74 Å². The van der Waals surface area contributed by atoms with Crippen LogP contribution in [0.25, 0.3) is 0 Å². The number of anilines is 2. The van der Waals surface area contributed by atoms with Crippen LogP contribution in [0.3, 0.4) is 0 Å². The van der Waals surface area contributed by atoms with Crippen molar-refractivity contribution in [2.24, 2.45) is 0 Å². The van der Waals surface area contributed by atoms with Crippen LogP contribution in [0.5, 0.6) is 0 Å². The van der Waals surface area contributed by atoms with Crippen molar-refractivity contribution in [1.29, 1.82) is 0 Å². The lowest BCUT2D eigenvalue weighted by atomic mass is 10.2. The van der Waals surface area contributed by atoms with Gasteiger partial charge in [-0.15, -0.1) is 0 Å². The van der Waals surface area contributed by atoms with Gasteiger partial charge in [0.25, 0.3) is 0 Å². The van der Waals surface area contributed by atoms with Gasteiger partial charge in [0.1, 0.15) is 0 Å². The van der Waals surface area contributed by atoms with E-state index in [0.717, 1.165) is 32.8 Å². The summed E-state index contributed by atoms with van der Waals surface area (Å²) in [4.78, 5) is 2.39. The Morgan fingerprint density at radius 1 is 0.900 bits per heavy atom. The first-order valence-electron chi connectivity index (χ1n) is 7.13. The molecule has 3 rings (SSSR count). The molecule has 0 atom stereocenters. The molecule has 0 aromatic heterocycles. The molecule has 0 unspecified atom stereocenters. The summed E-state index contributed by atoms with van der Waals surface area (Å²) >= 11 is 0. The van der Waals surface area contributed by atoms with Gasteiger partial charge in [0.15, 0.2) is 0 Å². The van der Waals surface area contributed by atoms with Crippen molar-refractivity contribution in [2.75, 3.05) is 36.5 Å². The Morgan fingerprint density at radius 2 is 1.60 bits per heavy atom. The van der Waals surface area contributed by atoms with E-state index in [4.69, 9.17) is 4.74 Å². The average molecular weight is 268 g/mol. The van der Waals surface area contributed by atoms with Gasteiger partial charge in [-0.3, -0.25) is 0 Å². The van der Waals surface area contributed by atoms with Crippen molar-refractivity contribution in [3.63, 3.8) is 0 Å². The van der Waals surface area contributed by atoms with Crippen LogP contribution in [-0.4, -0.2) is 26.3 Å². The molecule has 1 heterocycles. The lowest BCUT2D eigenvalue weighted by Gasteiger charge is -2.30. The van der Waals surface area contributed by atoms with E-state index in [1.165, 1.54) is 16.9 Å². The van der Waals surface area contributed by atoms with Gasteiger partial charge >= 0.3 is 0 Å². The molecule has 1 aliphatic heterocycles. The Morgan fingerprint density at radius 3 is 2.40 bits per heavy atom. The summed E-state index contributed by atoms with van der Waals surface area (Å²) < 4.78 is 5.43. The zero-order valence-electron chi connectivity index (χ0n) is 11.6. The maximum atomic E-state index is 5.43. The zero-order valence-corrected chi connectivity index (χ0v) is 11.6. The second-order valence-electron chi connectivity index (χ2n) is 4.96. The third-order valence-corrected chi connectivity index (χ3v) is 3.58. The first-order chi connectivity index (χ1) is 9.93. The molecule has 0 spiro atoms. The zero-order chi connectivity index (χ0) is 13.6. The number of ether oxygens (including phenoxy) is 1. The Kier molecular flexibility index (Phi) is 4.19. The minimum Gasteiger partial charge on any atom is -0.379 e. The van der Waals surface area contributed by atoms with Crippen LogP contribution in [0.1, 0.15) is 5.56 Å². The molecule has 3 nitrogen and oxygen atoms in total. The molecule has 1 aliphatic rings. The SMILES string of the molecule is c1ccc(CNc2ccccc2N2CCOCC2)cc1. The molecular weight excluding hydrogens is 248 g/mol. The summed E-state index contributed by atoms with van der Waals surface area (Å²) in [5.74, 6) is 0. The summed E-state index contributed by atoms with van der Waals surface area (Å²) in [5.41, 5.74) is 3.76. The fraction of sp³-hybridized carbons (Fsp3) is 0.294. The Labute approximate surface area is 120 Å². The number of benzene rings is 2. The molecule has 0 saturated carbocycles. The highest BCUT2D eigenvalue weighted by Gasteiger charge is 2.13. The molecule has 104 valence electrons. The van der Waals surface area contributed by atoms with E-state index in [1.54, 1.807) is 0 Å². The first-order valence-corrected chi connectivity index (χ1v) is 7.13. The van der Waals surface area contributed by atoms with Crippen molar-refractivity contribution in [3.8, 4) is 0 Å². The van der Waals surface area contributed by atoms with Gasteiger partial charge in [-0.05, 0) is 17.7 Å². The fourth-order valence-electron chi connectivity index (χ4n) is 2.50. The van der Waals surface area contributed by atoms with E-state index in [2.05, 4.69) is 58.7 Å². The second-order valence-corrected chi connectivity index (χ2v) is 4.96. The Bertz CT molecular complexity index is 536. The van der Waals surface area contributed by atoms with Gasteiger partial charge < -0.3 is 15.0 Å². The normalized spacial score (nSPS) is 15.1. The van der Waals surface area contributed by atoms with E-state index in [0.29, 0.717) is 0 Å². The molecule has 0 amide bonds. The summed E-state index contributed by atoms with van der Waals surface area (Å²) in [5, 5.41) is 3.54. The summed E-state index contributed by atoms with van der Waals surface area (Å²) in [6.45, 7) is 4.40. The summed E-state index contributed by atoms with van der Waals surface area (Å²) in [7, 11) is 0. The quantitative estimate of drug-likeness (QED) is 0.922. The van der Waals surface area contributed by atoms with Crippen molar-refractivity contribution in [3.05, 3.63) is 60.2 Å². The largest absolute Gasteiger partial charge is 0.379 e. The number of nitrogens with one attached hydrogen (secondary N) is 1. The number of nitrogens with zero attached hydrogens (tertiary/aromatic N) is 1. The molecule has 0 aliphatic carbocycles. The van der Waals surface area contributed by atoms with Gasteiger partial charge in [-0.25, -0.2) is 0 Å². The Balaban J connectivity index is 1.72. The lowest BCUT2D eigenvalue weighted by Crippen LogP contribution is -2.36. The minimum absolute atomic E-state index is 0.813. The summed E-state index contributed by atoms with van der Waals surface area (Å²) in [6, 6.07) is 19.0. The molecule has 2 aromatic carbocycles. The number of hydrogen-bond acceptors (Lipinski definition) is 3. The first kappa shape index (κ1) is 13.0. The van der Waals surface area contributed by atoms with Crippen LogP contribution in [-0.2, 0) is 11.3 Å². The fourth-order valence-corrected chi connectivity index (χ4v) is 2.50. The third-order valence-electron chi connectivity index (χ3n) is 3.58. The number of morpholine rings is 1. The van der Waals surface area contributed by atoms with Gasteiger partial charge in [0.05, 0.1) is 24.6 Å². The third kappa shape index (κ3) is 3.11. The predicted octanol–water partition coefficient (Wildman–Crippen LogP) is 3.14. The van der Waals surface area contributed by atoms with Crippen LogP contribution in [0.2, 0.25) is 0 Å². The predicted molar refractivity (Wildman–Crippen MR) is 83.2 cm³/mol. The molecule has 2 aromatic rings. The highest BCUT2D eigenvalue weighted by molar-refractivity contribution is 5.70. The molecule has 1 saturated heterocycles. The number of rotatable bonds is 4. The smallest absolute Gasteiger partial charge is 0.0642 e. The van der Waals surface area contributed by atoms with Crippen LogP contribution < -0.4 is 10.2 Å². The van der Waals surface area contributed by atoms with Gasteiger partial charge in [-0.2, -0.15) is 0 Å². The van der Waals surface area contributed by atoms with E-state index >= 15 is 0 Å². The second kappa shape index (κ2) is 6.44. The van der Waals surface area contributed by atoms with Gasteiger partial charge in [0, 0.05) is 19.6 Å². The van der Waals surface area contributed by atoms with Crippen LogP contribution in [0.15, 0.2) is 54.6 Å². The Hall–Kier alpha value is -2.00. The lowest BCUT2D eigenvalue weighted by molar-refractivity contribution is 0.123. The molecule has 20 heavy (non-hydrogen) atoms. The van der Waals surface area contributed by atoms with E-state index in [-0.39, 0.29) is 0 Å². The van der Waals surface area contributed by atoms with Crippen molar-refractivity contribution in [2.45, 2.75) is 6.54 Å². The van der Waals surface area contributed by atoms with Crippen LogP contribution in [0.4, 0.5) is 11.4 Å². The molecule has 1 N–H and O–H groups in total. The molecule has 3 heteroatoms. The maximum absolute atomic E-state index is 5.43. The van der Waals surface area contributed by atoms with Crippen LogP contribution >= 0.6 is 0 Å². The molecular formula is C17H20N2O. The van der Waals surface area contributed by atoms with E-state index in [1.807, 2.05) is 6.07 Å². The maximum Gasteiger partial charge on any atom is 0.0642 e. The highest BCUT2D eigenvalue weighted by atomic mass is 16.5. The number of hydrogen-bond donors (Lipinski definition) is 1. The van der Waals surface area contributed by atoms with Crippen LogP contribution in [0, 0.1) is 0 Å². The highest BCUT2D eigenvalue weighted by Crippen LogP contribution is 2.26.